The van der Waals surface area contributed by atoms with Crippen LogP contribution in [0, 0.1) is 6.92 Å². The molecule has 4 aromatic rings. The smallest absolute Gasteiger partial charge is 0.267 e. The number of hydrogen-bond donors (Lipinski definition) is 3. The molecule has 1 aromatic heterocycles. The molecule has 0 spiro atoms. The number of H-pyrrole nitrogens is 1. The number of aromatic amines is 1. The second-order valence-electron chi connectivity index (χ2n) is 7.80. The summed E-state index contributed by atoms with van der Waals surface area (Å²) in [5.74, 6) is -0.664. The van der Waals surface area contributed by atoms with Crippen molar-refractivity contribution in [3.8, 4) is 0 Å². The Morgan fingerprint density at radius 1 is 0.970 bits per heavy atom. The molecule has 0 aliphatic rings. The van der Waals surface area contributed by atoms with Crippen LogP contribution in [-0.4, -0.2) is 23.3 Å². The quantitative estimate of drug-likeness (QED) is 0.298. The number of rotatable bonds is 7. The molecule has 3 aromatic carbocycles. The Balaban J connectivity index is 1.49. The van der Waals surface area contributed by atoms with Crippen molar-refractivity contribution in [3.63, 3.8) is 0 Å². The number of para-hydroxylation sites is 1. The van der Waals surface area contributed by atoms with Crippen molar-refractivity contribution < 1.29 is 9.59 Å². The summed E-state index contributed by atoms with van der Waals surface area (Å²) >= 11 is 3.42. The third kappa shape index (κ3) is 5.79. The summed E-state index contributed by atoms with van der Waals surface area (Å²) < 4.78 is 0.938. The molecule has 33 heavy (non-hydrogen) atoms. The lowest BCUT2D eigenvalue weighted by Gasteiger charge is -2.11. The van der Waals surface area contributed by atoms with E-state index in [1.165, 1.54) is 0 Å². The van der Waals surface area contributed by atoms with Gasteiger partial charge in [-0.15, -0.1) is 0 Å². The maximum absolute atomic E-state index is 13.0. The van der Waals surface area contributed by atoms with Gasteiger partial charge in [0.2, 0.25) is 0 Å². The fourth-order valence-corrected chi connectivity index (χ4v) is 3.79. The van der Waals surface area contributed by atoms with Gasteiger partial charge < -0.3 is 15.6 Å². The van der Waals surface area contributed by atoms with Gasteiger partial charge >= 0.3 is 0 Å². The number of fused-ring (bicyclic) bond motifs is 1. The number of amides is 2. The van der Waals surface area contributed by atoms with Gasteiger partial charge in [0.25, 0.3) is 11.8 Å². The van der Waals surface area contributed by atoms with Gasteiger partial charge in [0, 0.05) is 33.7 Å². The molecule has 0 radical (unpaired) electrons. The van der Waals surface area contributed by atoms with Crippen LogP contribution in [0.25, 0.3) is 17.0 Å². The predicted molar refractivity (Wildman–Crippen MR) is 136 cm³/mol. The van der Waals surface area contributed by atoms with E-state index in [0.717, 1.165) is 32.1 Å². The number of carbonyl (C=O) groups excluding carboxylic acids is 2. The molecular weight excluding hydrogens is 478 g/mol. The van der Waals surface area contributed by atoms with E-state index in [2.05, 4.69) is 37.6 Å². The van der Waals surface area contributed by atoms with Gasteiger partial charge in [0.15, 0.2) is 0 Å². The van der Waals surface area contributed by atoms with Gasteiger partial charge in [-0.25, -0.2) is 0 Å². The second-order valence-corrected chi connectivity index (χ2v) is 8.71. The van der Waals surface area contributed by atoms with E-state index < -0.39 is 0 Å². The summed E-state index contributed by atoms with van der Waals surface area (Å²) in [4.78, 5) is 29.0. The van der Waals surface area contributed by atoms with E-state index in [0.29, 0.717) is 18.5 Å². The van der Waals surface area contributed by atoms with Crippen LogP contribution in [0.4, 0.5) is 0 Å². The fourth-order valence-electron chi connectivity index (χ4n) is 3.53. The van der Waals surface area contributed by atoms with Gasteiger partial charge in [-0.05, 0) is 60.9 Å². The minimum Gasteiger partial charge on any atom is -0.361 e. The maximum atomic E-state index is 13.0. The van der Waals surface area contributed by atoms with Crippen molar-refractivity contribution in [2.45, 2.75) is 13.3 Å². The lowest BCUT2D eigenvalue weighted by Crippen LogP contribution is -2.35. The normalized spacial score (nSPS) is 11.4. The van der Waals surface area contributed by atoms with E-state index in [4.69, 9.17) is 0 Å². The molecule has 0 bridgehead atoms. The third-order valence-electron chi connectivity index (χ3n) is 5.34. The molecule has 166 valence electrons. The van der Waals surface area contributed by atoms with Crippen LogP contribution in [0.15, 0.2) is 89.2 Å². The van der Waals surface area contributed by atoms with E-state index in [-0.39, 0.29) is 17.5 Å². The summed E-state index contributed by atoms with van der Waals surface area (Å²) in [7, 11) is 0. The van der Waals surface area contributed by atoms with Crippen molar-refractivity contribution in [2.75, 3.05) is 6.54 Å². The molecule has 1 heterocycles. The summed E-state index contributed by atoms with van der Waals surface area (Å²) in [6.45, 7) is 2.40. The molecule has 0 saturated heterocycles. The number of carbonyl (C=O) groups is 2. The van der Waals surface area contributed by atoms with E-state index >= 15 is 0 Å². The van der Waals surface area contributed by atoms with E-state index in [1.54, 1.807) is 18.2 Å². The van der Waals surface area contributed by atoms with Crippen molar-refractivity contribution in [3.05, 3.63) is 111 Å². The first-order valence-corrected chi connectivity index (χ1v) is 11.5. The Morgan fingerprint density at radius 3 is 2.45 bits per heavy atom. The highest BCUT2D eigenvalue weighted by Crippen LogP contribution is 2.18. The van der Waals surface area contributed by atoms with Crippen LogP contribution < -0.4 is 10.6 Å². The molecule has 6 heteroatoms. The van der Waals surface area contributed by atoms with Gasteiger partial charge in [-0.3, -0.25) is 9.59 Å². The van der Waals surface area contributed by atoms with Crippen molar-refractivity contribution in [2.24, 2.45) is 0 Å². The predicted octanol–water partition coefficient (Wildman–Crippen LogP) is 5.37. The van der Waals surface area contributed by atoms with Gasteiger partial charge in [-0.2, -0.15) is 0 Å². The zero-order chi connectivity index (χ0) is 23.2. The molecule has 0 atom stereocenters. The molecule has 3 N–H and O–H groups in total. The van der Waals surface area contributed by atoms with E-state index in [1.807, 2.05) is 67.7 Å². The highest BCUT2D eigenvalue weighted by Gasteiger charge is 2.15. The molecule has 4 rings (SSSR count). The SMILES string of the molecule is Cc1ccc(C(=O)NC(=Cc2ccc(Br)cc2)C(=O)NCCc2c[nH]c3ccccc23)cc1. The molecule has 2 amide bonds. The Hall–Kier alpha value is -3.64. The summed E-state index contributed by atoms with van der Waals surface area (Å²) in [6, 6.07) is 22.8. The van der Waals surface area contributed by atoms with Crippen LogP contribution in [-0.2, 0) is 11.2 Å². The third-order valence-corrected chi connectivity index (χ3v) is 5.87. The molecule has 0 unspecified atom stereocenters. The number of aryl methyl sites for hydroxylation is 1. The minimum atomic E-state index is -0.335. The summed E-state index contributed by atoms with van der Waals surface area (Å²) in [5.41, 5.74) is 4.76. The van der Waals surface area contributed by atoms with Gasteiger partial charge in [0.05, 0.1) is 0 Å². The average molecular weight is 502 g/mol. The lowest BCUT2D eigenvalue weighted by molar-refractivity contribution is -0.117. The standard InChI is InChI=1S/C27H24BrN3O2/c1-18-6-10-20(11-7-18)26(32)31-25(16-19-8-12-22(28)13-9-19)27(33)29-15-14-21-17-30-24-5-3-2-4-23(21)24/h2-13,16-17,30H,14-15H2,1H3,(H,29,33)(H,31,32). The number of nitrogens with one attached hydrogen (secondary N) is 3. The second kappa shape index (κ2) is 10.3. The van der Waals surface area contributed by atoms with Crippen LogP contribution in [0.5, 0.6) is 0 Å². The fraction of sp³-hybridized carbons (Fsp3) is 0.111. The Morgan fingerprint density at radius 2 is 1.70 bits per heavy atom. The monoisotopic (exact) mass is 501 g/mol. The molecule has 0 fully saturated rings. The molecule has 0 saturated carbocycles. The zero-order valence-corrected chi connectivity index (χ0v) is 19.8. The number of benzene rings is 3. The number of hydrogen-bond acceptors (Lipinski definition) is 2. The first kappa shape index (κ1) is 22.6. The molecule has 0 aliphatic carbocycles. The number of halogens is 1. The molecule has 5 nitrogen and oxygen atoms in total. The van der Waals surface area contributed by atoms with Crippen LogP contribution in [0.3, 0.4) is 0 Å². The Labute approximate surface area is 201 Å². The first-order valence-electron chi connectivity index (χ1n) is 10.7. The Bertz CT molecular complexity index is 1310. The average Bonchev–Trinajstić information content (AvgIpc) is 3.23. The summed E-state index contributed by atoms with van der Waals surface area (Å²) in [6.07, 6.45) is 4.32. The topological polar surface area (TPSA) is 74.0 Å². The zero-order valence-electron chi connectivity index (χ0n) is 18.2. The largest absolute Gasteiger partial charge is 0.361 e. The van der Waals surface area contributed by atoms with Crippen LogP contribution >= 0.6 is 15.9 Å². The summed E-state index contributed by atoms with van der Waals surface area (Å²) in [5, 5.41) is 6.86. The highest BCUT2D eigenvalue weighted by atomic mass is 79.9. The van der Waals surface area contributed by atoms with Crippen LogP contribution in [0.1, 0.15) is 27.0 Å². The number of aromatic nitrogens is 1. The molecule has 0 aliphatic heterocycles. The van der Waals surface area contributed by atoms with Gasteiger partial charge in [0.1, 0.15) is 5.70 Å². The molecular formula is C27H24BrN3O2. The first-order chi connectivity index (χ1) is 16.0. The van der Waals surface area contributed by atoms with E-state index in [9.17, 15) is 9.59 Å². The highest BCUT2D eigenvalue weighted by molar-refractivity contribution is 9.10. The van der Waals surface area contributed by atoms with Crippen molar-refractivity contribution >= 4 is 44.7 Å². The van der Waals surface area contributed by atoms with Crippen molar-refractivity contribution in [1.29, 1.82) is 0 Å². The van der Waals surface area contributed by atoms with Gasteiger partial charge in [-0.1, -0.05) is 64.0 Å². The minimum absolute atomic E-state index is 0.196. The lowest BCUT2D eigenvalue weighted by atomic mass is 10.1. The Kier molecular flexibility index (Phi) is 7.05. The van der Waals surface area contributed by atoms with Crippen molar-refractivity contribution in [1.82, 2.24) is 15.6 Å². The van der Waals surface area contributed by atoms with Crippen LogP contribution in [0.2, 0.25) is 0 Å². The maximum Gasteiger partial charge on any atom is 0.267 e.